The van der Waals surface area contributed by atoms with E-state index in [0.29, 0.717) is 23.7 Å². The van der Waals surface area contributed by atoms with Crippen LogP contribution in [0.4, 0.5) is 0 Å². The molecule has 4 rings (SSSR count). The maximum absolute atomic E-state index is 14.8. The van der Waals surface area contributed by atoms with Crippen LogP contribution in [0.1, 0.15) is 220 Å². The minimum atomic E-state index is -0.910. The van der Waals surface area contributed by atoms with E-state index in [4.69, 9.17) is 0 Å². The zero-order valence-electron chi connectivity index (χ0n) is 36.6. The molecule has 4 aliphatic rings. The summed E-state index contributed by atoms with van der Waals surface area (Å²) in [6, 6.07) is 0.292. The lowest BCUT2D eigenvalue weighted by Gasteiger charge is -2.37. The van der Waals surface area contributed by atoms with Gasteiger partial charge in [-0.1, -0.05) is 130 Å². The fraction of sp³-hybridized carbons (Fsp3) is 0.917. The molecule has 10 unspecified atom stereocenters. The summed E-state index contributed by atoms with van der Waals surface area (Å²) < 4.78 is 0. The summed E-state index contributed by atoms with van der Waals surface area (Å²) in [4.78, 5) is 58.2. The van der Waals surface area contributed by atoms with E-state index in [1.165, 1.54) is 25.7 Å². The Labute approximate surface area is 343 Å². The molecule has 4 aliphatic carbocycles. The molecule has 10 atom stereocenters. The summed E-state index contributed by atoms with van der Waals surface area (Å²) in [5, 5.41) is 13.7. The van der Waals surface area contributed by atoms with Gasteiger partial charge in [-0.25, -0.2) is 0 Å². The van der Waals surface area contributed by atoms with Crippen molar-refractivity contribution in [3.63, 3.8) is 0 Å². The molecule has 4 saturated carbocycles. The second-order valence-corrected chi connectivity index (χ2v) is 18.9. The van der Waals surface area contributed by atoms with Crippen molar-refractivity contribution >= 4 is 23.6 Å². The fourth-order valence-electron chi connectivity index (χ4n) is 11.2. The molecule has 56 heavy (non-hydrogen) atoms. The van der Waals surface area contributed by atoms with Gasteiger partial charge in [0.2, 0.25) is 23.6 Å². The summed E-state index contributed by atoms with van der Waals surface area (Å²) in [6.45, 7) is 8.88. The van der Waals surface area contributed by atoms with Crippen LogP contribution in [-0.2, 0) is 19.2 Å². The van der Waals surface area contributed by atoms with Crippen LogP contribution in [0.15, 0.2) is 0 Å². The summed E-state index contributed by atoms with van der Waals surface area (Å²) in [6.07, 6.45) is 30.7. The highest BCUT2D eigenvalue weighted by Crippen LogP contribution is 2.34. The summed E-state index contributed by atoms with van der Waals surface area (Å²) >= 11 is 0. The Morgan fingerprint density at radius 2 is 0.643 bits per heavy atom. The molecular formula is C48H86N4O4. The number of rotatable bonds is 23. The summed E-state index contributed by atoms with van der Waals surface area (Å²) in [7, 11) is 0. The molecule has 4 N–H and O–H groups in total. The van der Waals surface area contributed by atoms with Crippen molar-refractivity contribution in [1.82, 2.24) is 21.3 Å². The first-order valence-corrected chi connectivity index (χ1v) is 24.5. The van der Waals surface area contributed by atoms with Gasteiger partial charge in [0.25, 0.3) is 0 Å². The summed E-state index contributed by atoms with van der Waals surface area (Å²) in [5.74, 6) is -0.808. The van der Waals surface area contributed by atoms with Crippen LogP contribution in [-0.4, -0.2) is 47.8 Å². The molecule has 8 nitrogen and oxygen atoms in total. The Morgan fingerprint density at radius 1 is 0.393 bits per heavy atom. The average molecular weight is 783 g/mol. The van der Waals surface area contributed by atoms with E-state index < -0.39 is 11.8 Å². The number of nitrogens with one attached hydrogen (secondary N) is 4. The third kappa shape index (κ3) is 15.2. The van der Waals surface area contributed by atoms with Crippen LogP contribution in [0.25, 0.3) is 0 Å². The first-order valence-electron chi connectivity index (χ1n) is 24.5. The molecule has 8 heteroatoms. The average Bonchev–Trinajstić information content (AvgIpc) is 3.20. The second kappa shape index (κ2) is 26.1. The van der Waals surface area contributed by atoms with E-state index in [1.807, 2.05) is 0 Å². The summed E-state index contributed by atoms with van der Waals surface area (Å²) in [5.41, 5.74) is 0. The van der Waals surface area contributed by atoms with Gasteiger partial charge in [0.05, 0.1) is 11.8 Å². The number of unbranched alkanes of at least 4 members (excludes halogenated alkanes) is 4. The molecule has 0 aliphatic heterocycles. The Balaban J connectivity index is 1.63. The Kier molecular flexibility index (Phi) is 21.7. The van der Waals surface area contributed by atoms with Gasteiger partial charge >= 0.3 is 0 Å². The van der Waals surface area contributed by atoms with Crippen molar-refractivity contribution in [1.29, 1.82) is 0 Å². The maximum atomic E-state index is 14.8. The SMILES string of the molecule is CCCCC1CCCCC1NC(=O)CC(C(=O)NC1CCCCC1CCCC)C(CC(=O)NC1CCCCC1CCCC)C(=O)NC1CCCCC1CCCC. The fourth-order valence-corrected chi connectivity index (χ4v) is 11.2. The lowest BCUT2D eigenvalue weighted by atomic mass is 9.78. The highest BCUT2D eigenvalue weighted by atomic mass is 16.2. The van der Waals surface area contributed by atoms with Gasteiger partial charge in [0.1, 0.15) is 0 Å². The first-order chi connectivity index (χ1) is 27.3. The van der Waals surface area contributed by atoms with Crippen molar-refractivity contribution in [2.45, 2.75) is 244 Å². The highest BCUT2D eigenvalue weighted by Gasteiger charge is 2.41. The van der Waals surface area contributed by atoms with E-state index in [2.05, 4.69) is 49.0 Å². The molecule has 0 saturated heterocycles. The van der Waals surface area contributed by atoms with E-state index in [9.17, 15) is 19.2 Å². The topological polar surface area (TPSA) is 116 Å². The van der Waals surface area contributed by atoms with Crippen LogP contribution in [0.2, 0.25) is 0 Å². The predicted octanol–water partition coefficient (Wildman–Crippen LogP) is 10.5. The molecule has 0 spiro atoms. The monoisotopic (exact) mass is 783 g/mol. The minimum absolute atomic E-state index is 0.0426. The smallest absolute Gasteiger partial charge is 0.224 e. The Bertz CT molecular complexity index is 1070. The second-order valence-electron chi connectivity index (χ2n) is 18.9. The number of carbonyl (C=O) groups is 4. The molecule has 4 fully saturated rings. The van der Waals surface area contributed by atoms with Gasteiger partial charge < -0.3 is 21.3 Å². The van der Waals surface area contributed by atoms with Gasteiger partial charge in [-0.3, -0.25) is 19.2 Å². The van der Waals surface area contributed by atoms with Gasteiger partial charge in [-0.15, -0.1) is 0 Å². The molecule has 0 aromatic rings. The third-order valence-corrected chi connectivity index (χ3v) is 14.7. The normalized spacial score (nSPS) is 29.4. The van der Waals surface area contributed by atoms with Gasteiger partial charge in [0.15, 0.2) is 0 Å². The largest absolute Gasteiger partial charge is 0.353 e. The molecule has 0 aromatic carbocycles. The molecule has 0 heterocycles. The molecule has 0 aromatic heterocycles. The van der Waals surface area contributed by atoms with E-state index in [-0.39, 0.29) is 60.6 Å². The molecule has 322 valence electrons. The molecule has 0 bridgehead atoms. The van der Waals surface area contributed by atoms with Crippen LogP contribution in [0.3, 0.4) is 0 Å². The zero-order valence-corrected chi connectivity index (χ0v) is 36.6. The van der Waals surface area contributed by atoms with Gasteiger partial charge in [-0.05, 0) is 101 Å². The van der Waals surface area contributed by atoms with Gasteiger partial charge in [-0.2, -0.15) is 0 Å². The van der Waals surface area contributed by atoms with Crippen molar-refractivity contribution < 1.29 is 19.2 Å². The van der Waals surface area contributed by atoms with Crippen LogP contribution < -0.4 is 21.3 Å². The number of hydrogen-bond acceptors (Lipinski definition) is 4. The van der Waals surface area contributed by atoms with Gasteiger partial charge in [0, 0.05) is 37.0 Å². The van der Waals surface area contributed by atoms with Crippen LogP contribution >= 0.6 is 0 Å². The lowest BCUT2D eigenvalue weighted by molar-refractivity contribution is -0.141. The quantitative estimate of drug-likeness (QED) is 0.0826. The third-order valence-electron chi connectivity index (χ3n) is 14.7. The van der Waals surface area contributed by atoms with E-state index >= 15 is 0 Å². The van der Waals surface area contributed by atoms with Crippen molar-refractivity contribution in [3.05, 3.63) is 0 Å². The molecular weight excluding hydrogens is 697 g/mol. The minimum Gasteiger partial charge on any atom is -0.353 e. The zero-order chi connectivity index (χ0) is 40.1. The van der Waals surface area contributed by atoms with E-state index in [0.717, 1.165) is 154 Å². The van der Waals surface area contributed by atoms with Crippen molar-refractivity contribution in [2.24, 2.45) is 35.5 Å². The number of hydrogen-bond donors (Lipinski definition) is 4. The maximum Gasteiger partial charge on any atom is 0.224 e. The molecule has 0 radical (unpaired) electrons. The van der Waals surface area contributed by atoms with Crippen molar-refractivity contribution in [3.8, 4) is 0 Å². The highest BCUT2D eigenvalue weighted by molar-refractivity contribution is 5.94. The van der Waals surface area contributed by atoms with Crippen molar-refractivity contribution in [2.75, 3.05) is 0 Å². The first kappa shape index (κ1) is 46.6. The Hall–Kier alpha value is -2.12. The lowest BCUT2D eigenvalue weighted by Crippen LogP contribution is -2.53. The predicted molar refractivity (Wildman–Crippen MR) is 230 cm³/mol. The Morgan fingerprint density at radius 3 is 0.911 bits per heavy atom. The number of carbonyl (C=O) groups excluding carboxylic acids is 4. The number of amides is 4. The van der Waals surface area contributed by atoms with Crippen LogP contribution in [0.5, 0.6) is 0 Å². The van der Waals surface area contributed by atoms with Crippen LogP contribution in [0, 0.1) is 35.5 Å². The molecule has 4 amide bonds. The van der Waals surface area contributed by atoms with E-state index in [1.54, 1.807) is 0 Å². The standard InChI is InChI=1S/C48H86N4O4/c1-5-9-21-35-25-13-17-29-41(35)49-45(53)33-39(47(55)51-43-31-19-15-27-37(43)23-11-7-3)40(48(56)52-44-32-20-16-28-38(44)24-12-8-4)34-46(54)50-42-30-18-14-26-36(42)22-10-6-2/h35-44H,5-34H2,1-4H3,(H,49,53)(H,50,54)(H,51,55)(H,52,56).